The maximum Gasteiger partial charge on any atom is 0.310 e. The van der Waals surface area contributed by atoms with Gasteiger partial charge in [0.25, 0.3) is 6.47 Å². The summed E-state index contributed by atoms with van der Waals surface area (Å²) in [5.41, 5.74) is 0.109. The summed E-state index contributed by atoms with van der Waals surface area (Å²) in [4.78, 5) is 56.0. The van der Waals surface area contributed by atoms with Crippen LogP contribution in [0.5, 0.6) is 0 Å². The average molecular weight is 816 g/mol. The van der Waals surface area contributed by atoms with Gasteiger partial charge in [-0.25, -0.2) is 0 Å². The van der Waals surface area contributed by atoms with Crippen molar-refractivity contribution in [2.24, 2.45) is 90.7 Å². The summed E-state index contributed by atoms with van der Waals surface area (Å²) in [6.07, 6.45) is 19.3. The van der Waals surface area contributed by atoms with Crippen molar-refractivity contribution in [1.29, 1.82) is 0 Å². The Morgan fingerprint density at radius 3 is 1.98 bits per heavy atom. The van der Waals surface area contributed by atoms with Gasteiger partial charge in [-0.15, -0.1) is 0 Å². The summed E-state index contributed by atoms with van der Waals surface area (Å²) in [7, 11) is 0. The third kappa shape index (κ3) is 5.88. The van der Waals surface area contributed by atoms with Crippen molar-refractivity contribution in [2.75, 3.05) is 13.1 Å². The van der Waals surface area contributed by atoms with Crippen LogP contribution in [0.15, 0.2) is 0 Å². The number of ketones is 1. The number of rotatable bonds is 9. The molecule has 0 aromatic heterocycles. The second-order valence-corrected chi connectivity index (χ2v) is 25.6. The highest BCUT2D eigenvalue weighted by atomic mass is 16.6. The highest BCUT2D eigenvalue weighted by Crippen LogP contribution is 2.79. The molecular weight excluding hydrogens is 735 g/mol. The fourth-order valence-electron chi connectivity index (χ4n) is 18.0. The molecule has 7 heteroatoms. The highest BCUT2D eigenvalue weighted by Gasteiger charge is 2.74. The molecule has 0 unspecified atom stereocenters. The van der Waals surface area contributed by atoms with Gasteiger partial charge in [0.1, 0.15) is 18.0 Å². The fraction of sp³-hybridized carbons (Fsp3) is 0.923. The second kappa shape index (κ2) is 13.8. The minimum atomic E-state index is -0.409. The predicted molar refractivity (Wildman–Crippen MR) is 230 cm³/mol. The maximum atomic E-state index is 15.3. The molecule has 9 rings (SSSR count). The summed E-state index contributed by atoms with van der Waals surface area (Å²) in [5, 5.41) is 0. The van der Waals surface area contributed by atoms with Gasteiger partial charge in [-0.05, 0) is 172 Å². The van der Waals surface area contributed by atoms with Crippen LogP contribution < -0.4 is 0 Å². The summed E-state index contributed by atoms with van der Waals surface area (Å²) >= 11 is 0. The lowest BCUT2D eigenvalue weighted by molar-refractivity contribution is -0.253. The van der Waals surface area contributed by atoms with Crippen molar-refractivity contribution >= 4 is 24.1 Å². The van der Waals surface area contributed by atoms with Gasteiger partial charge in [0.2, 0.25) is 5.91 Å². The molecule has 0 radical (unpaired) electrons. The molecule has 0 aromatic carbocycles. The number of piperidine rings is 1. The number of hydrogen-bond acceptors (Lipinski definition) is 6. The number of hydrogen-bond donors (Lipinski definition) is 0. The zero-order valence-corrected chi connectivity index (χ0v) is 38.9. The van der Waals surface area contributed by atoms with Crippen LogP contribution in [0.1, 0.15) is 185 Å². The fourth-order valence-corrected chi connectivity index (χ4v) is 18.0. The molecule has 0 spiro atoms. The van der Waals surface area contributed by atoms with Gasteiger partial charge in [-0.2, -0.15) is 0 Å². The number of nitrogens with zero attached hydrogens (tertiary/aromatic N) is 1. The molecule has 1 saturated heterocycles. The Balaban J connectivity index is 0.935. The molecule has 7 nitrogen and oxygen atoms in total. The lowest BCUT2D eigenvalue weighted by Crippen LogP contribution is -2.67. The Kier molecular flexibility index (Phi) is 9.91. The van der Waals surface area contributed by atoms with Gasteiger partial charge in [0.05, 0.1) is 5.92 Å². The first-order chi connectivity index (χ1) is 27.6. The Morgan fingerprint density at radius 2 is 1.34 bits per heavy atom. The largest absolute Gasteiger partial charge is 0.464 e. The van der Waals surface area contributed by atoms with Gasteiger partial charge >= 0.3 is 5.97 Å². The molecule has 8 saturated carbocycles. The van der Waals surface area contributed by atoms with Crippen LogP contribution in [0, 0.1) is 90.7 Å². The van der Waals surface area contributed by atoms with E-state index in [1.54, 1.807) is 0 Å². The van der Waals surface area contributed by atoms with Crippen molar-refractivity contribution in [3.05, 3.63) is 0 Å². The number of amides is 1. The molecule has 0 bridgehead atoms. The van der Waals surface area contributed by atoms with Crippen molar-refractivity contribution in [2.45, 2.75) is 197 Å². The number of esters is 1. The quantitative estimate of drug-likeness (QED) is 0.170. The van der Waals surface area contributed by atoms with Gasteiger partial charge in [-0.1, -0.05) is 69.2 Å². The lowest BCUT2D eigenvalue weighted by atomic mass is 9.32. The van der Waals surface area contributed by atoms with Crippen LogP contribution >= 0.6 is 0 Å². The van der Waals surface area contributed by atoms with E-state index in [1.807, 2.05) is 13.8 Å². The van der Waals surface area contributed by atoms with E-state index in [0.717, 1.165) is 64.5 Å². The number of Topliss-reactive ketones (excluding diaryl/α,β-unsaturated/α-hetero) is 1. The van der Waals surface area contributed by atoms with E-state index < -0.39 is 5.41 Å². The van der Waals surface area contributed by atoms with Gasteiger partial charge in [0, 0.05) is 41.7 Å². The number of likely N-dealkylation sites (tertiary alicyclic amines) is 1. The molecule has 1 heterocycles. The maximum absolute atomic E-state index is 15.3. The van der Waals surface area contributed by atoms with E-state index in [4.69, 9.17) is 9.47 Å². The normalized spacial score (nSPS) is 48.3. The standard InChI is InChI=1S/C52H81NO6/c1-45(2)32(28-35(45)43(56)53-26-12-11-13-27-53)29-39(55)52-21-16-33(48(7)22-23-48)42(52)34-14-15-38-49(8)19-18-40(59-44(57)36-30-41(58-31-54)46(36,3)4)47(5,6)37(49)17-20-51(38,10)50(34,9)24-25-52/h31-38,40-42H,11-30H2,1-10H3/t32-,33+,34+,35+,36+,37-,38+,40-,41+,42+,49-,50+,51+,52+/m0/s1. The van der Waals surface area contributed by atoms with Crippen LogP contribution in [0.3, 0.4) is 0 Å². The minimum Gasteiger partial charge on any atom is -0.464 e. The molecule has 0 aromatic rings. The first-order valence-electron chi connectivity index (χ1n) is 24.7. The number of carbonyl (C=O) groups excluding carboxylic acids is 4. The molecule has 9 fully saturated rings. The number of carbonyl (C=O) groups is 4. The molecule has 59 heavy (non-hydrogen) atoms. The molecule has 1 aliphatic heterocycles. The van der Waals surface area contributed by atoms with E-state index in [2.05, 4.69) is 60.3 Å². The zero-order valence-electron chi connectivity index (χ0n) is 38.9. The molecule has 9 aliphatic rings. The van der Waals surface area contributed by atoms with Crippen molar-refractivity contribution in [3.63, 3.8) is 0 Å². The highest BCUT2D eigenvalue weighted by molar-refractivity contribution is 5.87. The number of fused-ring (bicyclic) bond motifs is 7. The summed E-state index contributed by atoms with van der Waals surface area (Å²) in [6.45, 7) is 26.4. The Hall–Kier alpha value is -1.92. The van der Waals surface area contributed by atoms with Crippen molar-refractivity contribution in [3.8, 4) is 0 Å². The Labute approximate surface area is 357 Å². The molecule has 0 N–H and O–H groups in total. The molecular formula is C52H81NO6. The zero-order chi connectivity index (χ0) is 42.3. The van der Waals surface area contributed by atoms with Gasteiger partial charge < -0.3 is 14.4 Å². The predicted octanol–water partition coefficient (Wildman–Crippen LogP) is 11.0. The van der Waals surface area contributed by atoms with E-state index in [0.29, 0.717) is 71.9 Å². The van der Waals surface area contributed by atoms with Crippen molar-refractivity contribution in [1.82, 2.24) is 4.90 Å². The number of ether oxygens (including phenoxy) is 2. The van der Waals surface area contributed by atoms with E-state index >= 15 is 4.79 Å². The monoisotopic (exact) mass is 816 g/mol. The van der Waals surface area contributed by atoms with E-state index in [1.165, 1.54) is 51.4 Å². The molecule has 1 amide bonds. The first-order valence-corrected chi connectivity index (χ1v) is 24.7. The average Bonchev–Trinajstić information content (AvgIpc) is 3.80. The van der Waals surface area contributed by atoms with Crippen LogP contribution in [0.25, 0.3) is 0 Å². The third-order valence-electron chi connectivity index (χ3n) is 22.7. The summed E-state index contributed by atoms with van der Waals surface area (Å²) in [5.74, 6) is 3.76. The third-order valence-corrected chi connectivity index (χ3v) is 22.7. The van der Waals surface area contributed by atoms with E-state index in [9.17, 15) is 14.4 Å². The second-order valence-electron chi connectivity index (χ2n) is 25.6. The minimum absolute atomic E-state index is 0.0637. The topological polar surface area (TPSA) is 90.0 Å². The van der Waals surface area contributed by atoms with Crippen molar-refractivity contribution < 1.29 is 28.7 Å². The summed E-state index contributed by atoms with van der Waals surface area (Å²) < 4.78 is 11.8. The Bertz CT molecular complexity index is 1720. The molecule has 8 aliphatic carbocycles. The smallest absolute Gasteiger partial charge is 0.310 e. The van der Waals surface area contributed by atoms with Crippen LogP contribution in [-0.2, 0) is 28.7 Å². The van der Waals surface area contributed by atoms with Gasteiger partial charge in [-0.3, -0.25) is 19.2 Å². The first kappa shape index (κ1) is 42.4. The van der Waals surface area contributed by atoms with Crippen LogP contribution in [-0.4, -0.2) is 54.3 Å². The van der Waals surface area contributed by atoms with E-state index in [-0.39, 0.29) is 62.5 Å². The van der Waals surface area contributed by atoms with Crippen LogP contribution in [0.4, 0.5) is 0 Å². The molecule has 330 valence electrons. The van der Waals surface area contributed by atoms with Gasteiger partial charge in [0.15, 0.2) is 0 Å². The Morgan fingerprint density at radius 1 is 0.627 bits per heavy atom. The van der Waals surface area contributed by atoms with Crippen LogP contribution in [0.2, 0.25) is 0 Å². The molecule has 14 atom stereocenters. The summed E-state index contributed by atoms with van der Waals surface area (Å²) in [6, 6.07) is 0. The SMILES string of the molecule is CC1([C@@H]2CC[C@]3(C(=O)C[C@@H]4C[C@H](C(=O)N5CCCCC5)C4(C)C)CC[C@]4(C)[C@H](CC[C@@H]5[C@@]6(C)CC[C@H](OC(=O)[C@H]7C[C@@H](OC=O)C7(C)C)C(C)(C)[C@@H]6CC[C@]54C)[C@@H]23)CC1. The lowest BCUT2D eigenvalue weighted by Gasteiger charge is -2.73.